The third-order valence-electron chi connectivity index (χ3n) is 2.68. The zero-order valence-corrected chi connectivity index (χ0v) is 9.44. The molecule has 1 fully saturated rings. The van der Waals surface area contributed by atoms with Gasteiger partial charge in [0, 0.05) is 0 Å². The fourth-order valence-corrected chi connectivity index (χ4v) is 1.85. The van der Waals surface area contributed by atoms with Crippen LogP contribution in [-0.4, -0.2) is 29.6 Å². The molecule has 1 aliphatic rings. The molecule has 0 aromatic heterocycles. The lowest BCUT2D eigenvalue weighted by atomic mass is 9.98. The summed E-state index contributed by atoms with van der Waals surface area (Å²) in [4.78, 5) is 10.5. The van der Waals surface area contributed by atoms with Crippen LogP contribution in [0.4, 0.5) is 0 Å². The SMILES string of the molecule is CC(OC1CCCCC1)OC(C)C(=O)O. The van der Waals surface area contributed by atoms with Crippen molar-refractivity contribution in [1.29, 1.82) is 0 Å². The van der Waals surface area contributed by atoms with Crippen LogP contribution in [0.15, 0.2) is 0 Å². The van der Waals surface area contributed by atoms with Crippen LogP contribution in [0.2, 0.25) is 0 Å². The molecule has 0 amide bonds. The van der Waals surface area contributed by atoms with Crippen molar-refractivity contribution in [3.05, 3.63) is 0 Å². The molecular weight excluding hydrogens is 196 g/mol. The van der Waals surface area contributed by atoms with Crippen molar-refractivity contribution in [2.45, 2.75) is 64.4 Å². The number of carboxylic acids is 1. The molecular formula is C11H20O4. The highest BCUT2D eigenvalue weighted by molar-refractivity contribution is 5.71. The Morgan fingerprint density at radius 2 is 1.87 bits per heavy atom. The molecule has 0 bridgehead atoms. The van der Waals surface area contributed by atoms with Crippen molar-refractivity contribution < 1.29 is 19.4 Å². The molecule has 0 heterocycles. The van der Waals surface area contributed by atoms with Crippen LogP contribution in [0.1, 0.15) is 46.0 Å². The lowest BCUT2D eigenvalue weighted by Gasteiger charge is -2.26. The van der Waals surface area contributed by atoms with E-state index in [2.05, 4.69) is 0 Å². The Morgan fingerprint density at radius 3 is 2.40 bits per heavy atom. The maximum atomic E-state index is 10.5. The number of hydrogen-bond acceptors (Lipinski definition) is 3. The van der Waals surface area contributed by atoms with Gasteiger partial charge in [0.15, 0.2) is 12.4 Å². The van der Waals surface area contributed by atoms with Crippen molar-refractivity contribution in [2.24, 2.45) is 0 Å². The van der Waals surface area contributed by atoms with Crippen molar-refractivity contribution in [3.63, 3.8) is 0 Å². The minimum atomic E-state index is -0.950. The monoisotopic (exact) mass is 216 g/mol. The van der Waals surface area contributed by atoms with Gasteiger partial charge in [-0.3, -0.25) is 0 Å². The maximum Gasteiger partial charge on any atom is 0.332 e. The number of aliphatic carboxylic acids is 1. The zero-order valence-electron chi connectivity index (χ0n) is 9.44. The number of ether oxygens (including phenoxy) is 2. The minimum absolute atomic E-state index is 0.245. The highest BCUT2D eigenvalue weighted by Crippen LogP contribution is 2.21. The van der Waals surface area contributed by atoms with Crippen molar-refractivity contribution in [1.82, 2.24) is 0 Å². The van der Waals surface area contributed by atoms with Gasteiger partial charge in [-0.15, -0.1) is 0 Å². The average molecular weight is 216 g/mol. The van der Waals surface area contributed by atoms with Crippen LogP contribution in [0.25, 0.3) is 0 Å². The van der Waals surface area contributed by atoms with Gasteiger partial charge in [-0.2, -0.15) is 0 Å². The van der Waals surface area contributed by atoms with E-state index in [0.717, 1.165) is 12.8 Å². The Labute approximate surface area is 90.6 Å². The first-order chi connectivity index (χ1) is 7.09. The standard InChI is InChI=1S/C11H20O4/c1-8(11(12)13)14-9(2)15-10-6-4-3-5-7-10/h8-10H,3-7H2,1-2H3,(H,12,13). The summed E-state index contributed by atoms with van der Waals surface area (Å²) in [5.74, 6) is -0.950. The second-order valence-corrected chi connectivity index (χ2v) is 4.08. The van der Waals surface area contributed by atoms with Crippen LogP contribution in [0.3, 0.4) is 0 Å². The normalized spacial score (nSPS) is 22.3. The van der Waals surface area contributed by atoms with E-state index in [0.29, 0.717) is 0 Å². The summed E-state index contributed by atoms with van der Waals surface area (Å²) in [6.45, 7) is 3.27. The van der Waals surface area contributed by atoms with Crippen LogP contribution < -0.4 is 0 Å². The fraction of sp³-hybridized carbons (Fsp3) is 0.909. The quantitative estimate of drug-likeness (QED) is 0.715. The topological polar surface area (TPSA) is 55.8 Å². The molecule has 0 radical (unpaired) electrons. The van der Waals surface area contributed by atoms with Crippen molar-refractivity contribution in [3.8, 4) is 0 Å². The Balaban J connectivity index is 2.22. The molecule has 0 spiro atoms. The van der Waals surface area contributed by atoms with Gasteiger partial charge in [0.1, 0.15) is 0 Å². The van der Waals surface area contributed by atoms with E-state index in [-0.39, 0.29) is 6.10 Å². The number of rotatable bonds is 5. The third kappa shape index (κ3) is 4.62. The fourth-order valence-electron chi connectivity index (χ4n) is 1.85. The van der Waals surface area contributed by atoms with Crippen LogP contribution in [-0.2, 0) is 14.3 Å². The predicted molar refractivity (Wildman–Crippen MR) is 55.6 cm³/mol. The van der Waals surface area contributed by atoms with Gasteiger partial charge in [0.25, 0.3) is 0 Å². The molecule has 1 N–H and O–H groups in total. The maximum absolute atomic E-state index is 10.5. The molecule has 4 heteroatoms. The molecule has 4 nitrogen and oxygen atoms in total. The number of carboxylic acid groups (broad SMARTS) is 1. The van der Waals surface area contributed by atoms with E-state index < -0.39 is 18.4 Å². The molecule has 0 saturated heterocycles. The predicted octanol–water partition coefficient (Wildman–Crippen LogP) is 2.17. The van der Waals surface area contributed by atoms with E-state index in [1.807, 2.05) is 0 Å². The van der Waals surface area contributed by atoms with Gasteiger partial charge < -0.3 is 14.6 Å². The van der Waals surface area contributed by atoms with Gasteiger partial charge in [0.05, 0.1) is 6.10 Å². The first-order valence-corrected chi connectivity index (χ1v) is 5.63. The Hall–Kier alpha value is -0.610. The van der Waals surface area contributed by atoms with E-state index in [4.69, 9.17) is 14.6 Å². The average Bonchev–Trinajstić information content (AvgIpc) is 2.18. The molecule has 1 saturated carbocycles. The van der Waals surface area contributed by atoms with Gasteiger partial charge in [-0.05, 0) is 26.7 Å². The summed E-state index contributed by atoms with van der Waals surface area (Å²) in [5, 5.41) is 8.66. The van der Waals surface area contributed by atoms with Gasteiger partial charge in [-0.25, -0.2) is 4.79 Å². The van der Waals surface area contributed by atoms with Crippen molar-refractivity contribution >= 4 is 5.97 Å². The summed E-state index contributed by atoms with van der Waals surface area (Å²) in [6.07, 6.45) is 4.82. The first kappa shape index (κ1) is 12.5. The second-order valence-electron chi connectivity index (χ2n) is 4.08. The summed E-state index contributed by atoms with van der Waals surface area (Å²) in [5.41, 5.74) is 0. The number of carbonyl (C=O) groups is 1. The molecule has 15 heavy (non-hydrogen) atoms. The van der Waals surface area contributed by atoms with Gasteiger partial charge >= 0.3 is 5.97 Å². The van der Waals surface area contributed by atoms with Crippen LogP contribution in [0.5, 0.6) is 0 Å². The van der Waals surface area contributed by atoms with Gasteiger partial charge in [-0.1, -0.05) is 19.3 Å². The Bertz CT molecular complexity index is 199. The lowest BCUT2D eigenvalue weighted by molar-refractivity contribution is -0.198. The molecule has 0 aromatic carbocycles. The molecule has 2 unspecified atom stereocenters. The summed E-state index contributed by atoms with van der Waals surface area (Å²) >= 11 is 0. The Morgan fingerprint density at radius 1 is 1.27 bits per heavy atom. The van der Waals surface area contributed by atoms with Crippen LogP contribution in [0, 0.1) is 0 Å². The van der Waals surface area contributed by atoms with Gasteiger partial charge in [0.2, 0.25) is 0 Å². The van der Waals surface area contributed by atoms with Crippen molar-refractivity contribution in [2.75, 3.05) is 0 Å². The number of hydrogen-bond donors (Lipinski definition) is 1. The highest BCUT2D eigenvalue weighted by Gasteiger charge is 2.20. The second kappa shape index (κ2) is 6.08. The summed E-state index contributed by atoms with van der Waals surface area (Å²) in [6, 6.07) is 0. The highest BCUT2D eigenvalue weighted by atomic mass is 16.7. The summed E-state index contributed by atoms with van der Waals surface area (Å²) in [7, 11) is 0. The van der Waals surface area contributed by atoms with E-state index in [1.165, 1.54) is 26.2 Å². The lowest BCUT2D eigenvalue weighted by Crippen LogP contribution is -2.30. The van der Waals surface area contributed by atoms with E-state index in [9.17, 15) is 4.79 Å². The molecule has 88 valence electrons. The smallest absolute Gasteiger partial charge is 0.332 e. The summed E-state index contributed by atoms with van der Waals surface area (Å²) < 4.78 is 10.8. The largest absolute Gasteiger partial charge is 0.479 e. The molecule has 2 atom stereocenters. The zero-order chi connectivity index (χ0) is 11.3. The molecule has 1 rings (SSSR count). The van der Waals surface area contributed by atoms with E-state index >= 15 is 0 Å². The molecule has 0 aromatic rings. The Kier molecular flexibility index (Phi) is 5.05. The van der Waals surface area contributed by atoms with Crippen LogP contribution >= 0.6 is 0 Å². The first-order valence-electron chi connectivity index (χ1n) is 5.63. The van der Waals surface area contributed by atoms with E-state index in [1.54, 1.807) is 6.92 Å². The minimum Gasteiger partial charge on any atom is -0.479 e. The molecule has 0 aliphatic heterocycles. The third-order valence-corrected chi connectivity index (χ3v) is 2.68. The molecule has 1 aliphatic carbocycles.